The third kappa shape index (κ3) is 1.98. The third-order valence-electron chi connectivity index (χ3n) is 2.88. The van der Waals surface area contributed by atoms with Gasteiger partial charge in [0.15, 0.2) is 0 Å². The first-order valence-electron chi connectivity index (χ1n) is 5.65. The van der Waals surface area contributed by atoms with Crippen LogP contribution in [0.25, 0.3) is 0 Å². The van der Waals surface area contributed by atoms with Crippen LogP contribution in [-0.4, -0.2) is 22.9 Å². The van der Waals surface area contributed by atoms with Gasteiger partial charge in [0.1, 0.15) is 0 Å². The molecule has 2 heterocycles. The number of aromatic nitrogens is 2. The number of piperidine rings is 1. The number of nitrogens with zero attached hydrogens (tertiary/aromatic N) is 2. The minimum Gasteiger partial charge on any atom is -0.315 e. The lowest BCUT2D eigenvalue weighted by atomic mass is 10.1. The van der Waals surface area contributed by atoms with Crippen molar-refractivity contribution in [1.82, 2.24) is 15.1 Å². The second-order valence-electron chi connectivity index (χ2n) is 4.02. The van der Waals surface area contributed by atoms with Gasteiger partial charge in [0, 0.05) is 18.4 Å². The molecule has 3 nitrogen and oxygen atoms in total. The van der Waals surface area contributed by atoms with Crippen LogP contribution in [-0.2, 0) is 6.42 Å². The highest BCUT2D eigenvalue weighted by Gasteiger charge is 2.17. The van der Waals surface area contributed by atoms with Crippen molar-refractivity contribution in [1.29, 1.82) is 0 Å². The van der Waals surface area contributed by atoms with Crippen molar-refractivity contribution in [3.05, 3.63) is 18.0 Å². The summed E-state index contributed by atoms with van der Waals surface area (Å²) < 4.78 is 2.22. The zero-order valence-corrected chi connectivity index (χ0v) is 8.87. The number of aryl methyl sites for hydroxylation is 1. The maximum atomic E-state index is 4.44. The van der Waals surface area contributed by atoms with E-state index >= 15 is 0 Å². The molecule has 1 aromatic rings. The Balaban J connectivity index is 2.09. The van der Waals surface area contributed by atoms with Crippen LogP contribution >= 0.6 is 0 Å². The Kier molecular flexibility index (Phi) is 3.19. The summed E-state index contributed by atoms with van der Waals surface area (Å²) in [5.41, 5.74) is 1.39. The maximum Gasteiger partial charge on any atom is 0.0647 e. The van der Waals surface area contributed by atoms with Crippen LogP contribution in [0.1, 0.15) is 37.9 Å². The zero-order chi connectivity index (χ0) is 9.80. The van der Waals surface area contributed by atoms with E-state index in [1.807, 2.05) is 6.20 Å². The molecule has 1 fully saturated rings. The van der Waals surface area contributed by atoms with E-state index in [0.29, 0.717) is 6.04 Å². The molecule has 0 spiro atoms. The molecule has 0 amide bonds. The van der Waals surface area contributed by atoms with Gasteiger partial charge in [0.2, 0.25) is 0 Å². The molecular formula is C11H19N3. The monoisotopic (exact) mass is 193 g/mol. The number of nitrogens with one attached hydrogen (secondary N) is 1. The molecule has 3 heteroatoms. The van der Waals surface area contributed by atoms with Crippen LogP contribution in [0.4, 0.5) is 0 Å². The van der Waals surface area contributed by atoms with Crippen molar-refractivity contribution in [3.63, 3.8) is 0 Å². The second-order valence-corrected chi connectivity index (χ2v) is 4.02. The van der Waals surface area contributed by atoms with Gasteiger partial charge in [-0.3, -0.25) is 4.68 Å². The molecule has 1 N–H and O–H groups in total. The summed E-state index contributed by atoms with van der Waals surface area (Å²) in [4.78, 5) is 0. The first-order valence-corrected chi connectivity index (χ1v) is 5.65. The molecular weight excluding hydrogens is 174 g/mol. The zero-order valence-electron chi connectivity index (χ0n) is 8.87. The van der Waals surface area contributed by atoms with Crippen LogP contribution in [0.15, 0.2) is 12.3 Å². The van der Waals surface area contributed by atoms with E-state index < -0.39 is 0 Å². The Bertz CT molecular complexity index is 274. The van der Waals surface area contributed by atoms with E-state index in [0.717, 1.165) is 13.0 Å². The number of hydrogen-bond donors (Lipinski definition) is 1. The van der Waals surface area contributed by atoms with Crippen LogP contribution in [0.5, 0.6) is 0 Å². The molecule has 1 saturated heterocycles. The van der Waals surface area contributed by atoms with E-state index in [1.54, 1.807) is 0 Å². The van der Waals surface area contributed by atoms with E-state index in [9.17, 15) is 0 Å². The van der Waals surface area contributed by atoms with Crippen LogP contribution in [0.2, 0.25) is 0 Å². The summed E-state index contributed by atoms with van der Waals surface area (Å²) in [6.45, 7) is 4.47. The molecule has 0 aliphatic carbocycles. The lowest BCUT2D eigenvalue weighted by molar-refractivity contribution is 0.338. The summed E-state index contributed by atoms with van der Waals surface area (Å²) in [6.07, 6.45) is 6.82. The van der Waals surface area contributed by atoms with Crippen molar-refractivity contribution in [2.75, 3.05) is 13.1 Å². The fourth-order valence-corrected chi connectivity index (χ4v) is 2.17. The van der Waals surface area contributed by atoms with Gasteiger partial charge < -0.3 is 5.32 Å². The smallest absolute Gasteiger partial charge is 0.0647 e. The third-order valence-corrected chi connectivity index (χ3v) is 2.88. The van der Waals surface area contributed by atoms with Crippen LogP contribution in [0.3, 0.4) is 0 Å². The van der Waals surface area contributed by atoms with Gasteiger partial charge in [-0.25, -0.2) is 0 Å². The average molecular weight is 193 g/mol. The average Bonchev–Trinajstić information content (AvgIpc) is 2.68. The Morgan fingerprint density at radius 3 is 3.29 bits per heavy atom. The van der Waals surface area contributed by atoms with Crippen molar-refractivity contribution < 1.29 is 0 Å². The van der Waals surface area contributed by atoms with Crippen LogP contribution in [0, 0.1) is 0 Å². The Morgan fingerprint density at radius 1 is 1.64 bits per heavy atom. The van der Waals surface area contributed by atoms with Gasteiger partial charge in [-0.2, -0.15) is 5.10 Å². The standard InChI is InChI=1S/C11H19N3/c1-2-4-10-6-8-13-14(10)11-5-3-7-12-9-11/h6,8,11-12H,2-5,7,9H2,1H3. The van der Waals surface area contributed by atoms with Gasteiger partial charge in [-0.15, -0.1) is 0 Å². The first-order chi connectivity index (χ1) is 6.92. The highest BCUT2D eigenvalue weighted by Crippen LogP contribution is 2.18. The van der Waals surface area contributed by atoms with Crippen molar-refractivity contribution >= 4 is 0 Å². The quantitative estimate of drug-likeness (QED) is 0.792. The predicted molar refractivity (Wildman–Crippen MR) is 57.4 cm³/mol. The Morgan fingerprint density at radius 2 is 2.57 bits per heavy atom. The molecule has 1 aliphatic heterocycles. The molecule has 14 heavy (non-hydrogen) atoms. The van der Waals surface area contributed by atoms with E-state index in [4.69, 9.17) is 0 Å². The first kappa shape index (κ1) is 9.71. The van der Waals surface area contributed by atoms with Crippen molar-refractivity contribution in [2.45, 2.75) is 38.6 Å². The maximum absolute atomic E-state index is 4.44. The SMILES string of the molecule is CCCc1ccnn1C1CCCNC1. The molecule has 1 unspecified atom stereocenters. The Hall–Kier alpha value is -0.830. The van der Waals surface area contributed by atoms with E-state index in [-0.39, 0.29) is 0 Å². The number of hydrogen-bond acceptors (Lipinski definition) is 2. The topological polar surface area (TPSA) is 29.9 Å². The second kappa shape index (κ2) is 4.60. The molecule has 78 valence electrons. The summed E-state index contributed by atoms with van der Waals surface area (Å²) in [6, 6.07) is 2.73. The van der Waals surface area contributed by atoms with Gasteiger partial charge in [-0.05, 0) is 31.9 Å². The lowest BCUT2D eigenvalue weighted by Crippen LogP contribution is -2.32. The normalized spacial score (nSPS) is 22.5. The molecule has 0 radical (unpaired) electrons. The molecule has 0 aromatic carbocycles. The van der Waals surface area contributed by atoms with E-state index in [1.165, 1.54) is 31.5 Å². The van der Waals surface area contributed by atoms with Gasteiger partial charge in [-0.1, -0.05) is 13.3 Å². The minimum absolute atomic E-state index is 0.584. The number of rotatable bonds is 3. The van der Waals surface area contributed by atoms with Crippen LogP contribution < -0.4 is 5.32 Å². The fraction of sp³-hybridized carbons (Fsp3) is 0.727. The molecule has 1 aliphatic rings. The van der Waals surface area contributed by atoms with E-state index in [2.05, 4.69) is 28.1 Å². The summed E-state index contributed by atoms with van der Waals surface area (Å²) in [7, 11) is 0. The largest absolute Gasteiger partial charge is 0.315 e. The van der Waals surface area contributed by atoms with Gasteiger partial charge in [0.05, 0.1) is 6.04 Å². The molecule has 1 atom stereocenters. The molecule has 0 bridgehead atoms. The molecule has 0 saturated carbocycles. The summed E-state index contributed by atoms with van der Waals surface area (Å²) >= 11 is 0. The Labute approximate surface area is 85.5 Å². The summed E-state index contributed by atoms with van der Waals surface area (Å²) in [5, 5.41) is 7.87. The van der Waals surface area contributed by atoms with Crippen molar-refractivity contribution in [3.8, 4) is 0 Å². The predicted octanol–water partition coefficient (Wildman–Crippen LogP) is 1.76. The highest BCUT2D eigenvalue weighted by atomic mass is 15.3. The van der Waals surface area contributed by atoms with Crippen molar-refractivity contribution in [2.24, 2.45) is 0 Å². The molecule has 2 rings (SSSR count). The molecule has 1 aromatic heterocycles. The highest BCUT2D eigenvalue weighted by molar-refractivity contribution is 5.02. The fourth-order valence-electron chi connectivity index (χ4n) is 2.17. The minimum atomic E-state index is 0.584. The summed E-state index contributed by atoms with van der Waals surface area (Å²) in [5.74, 6) is 0. The van der Waals surface area contributed by atoms with Gasteiger partial charge in [0.25, 0.3) is 0 Å². The lowest BCUT2D eigenvalue weighted by Gasteiger charge is -2.24. The van der Waals surface area contributed by atoms with Gasteiger partial charge >= 0.3 is 0 Å².